The van der Waals surface area contributed by atoms with Crippen LogP contribution in [0.5, 0.6) is 11.5 Å². The number of fused-ring (bicyclic) bond motifs is 1. The fraction of sp³-hybridized carbons (Fsp3) is 0.360. The van der Waals surface area contributed by atoms with Gasteiger partial charge in [0.05, 0.1) is 11.7 Å². The van der Waals surface area contributed by atoms with Crippen molar-refractivity contribution < 1.29 is 23.8 Å². The minimum absolute atomic E-state index is 0.0662. The van der Waals surface area contributed by atoms with E-state index in [2.05, 4.69) is 32.9 Å². The molecule has 0 bridgehead atoms. The van der Waals surface area contributed by atoms with E-state index in [4.69, 9.17) is 14.2 Å². The Morgan fingerprint density at radius 3 is 2.37 bits per heavy atom. The van der Waals surface area contributed by atoms with Crippen molar-refractivity contribution >= 4 is 17.8 Å². The van der Waals surface area contributed by atoms with Gasteiger partial charge < -0.3 is 14.2 Å². The second-order valence-electron chi connectivity index (χ2n) is 8.70. The Morgan fingerprint density at radius 1 is 1.10 bits per heavy atom. The zero-order valence-electron chi connectivity index (χ0n) is 18.4. The van der Waals surface area contributed by atoms with Crippen molar-refractivity contribution in [2.75, 3.05) is 6.61 Å². The average molecular weight is 408 g/mol. The molecule has 1 aliphatic heterocycles. The van der Waals surface area contributed by atoms with Gasteiger partial charge in [-0.25, -0.2) is 4.79 Å². The first kappa shape index (κ1) is 21.6. The minimum atomic E-state index is -0.443. The minimum Gasteiger partial charge on any atom is -0.481 e. The van der Waals surface area contributed by atoms with Crippen molar-refractivity contribution in [2.24, 2.45) is 0 Å². The SMILES string of the molecule is Cc1c(OCC(=O)OC(C)C)ccc2c1O/C(=C\c1ccc(C(C)(C)C)cc1)C2=O. The van der Waals surface area contributed by atoms with E-state index < -0.39 is 5.97 Å². The third-order valence-corrected chi connectivity index (χ3v) is 4.82. The van der Waals surface area contributed by atoms with Crippen LogP contribution in [0, 0.1) is 6.92 Å². The van der Waals surface area contributed by atoms with Gasteiger partial charge in [0, 0.05) is 5.56 Å². The normalized spacial score (nSPS) is 14.6. The smallest absolute Gasteiger partial charge is 0.344 e. The highest BCUT2D eigenvalue weighted by Gasteiger charge is 2.30. The highest BCUT2D eigenvalue weighted by Crippen LogP contribution is 2.39. The van der Waals surface area contributed by atoms with E-state index in [1.807, 2.05) is 12.1 Å². The molecule has 1 aliphatic rings. The molecule has 2 aromatic carbocycles. The first-order valence-electron chi connectivity index (χ1n) is 10.1. The molecule has 0 spiro atoms. The van der Waals surface area contributed by atoms with Crippen LogP contribution in [0.4, 0.5) is 0 Å². The van der Waals surface area contributed by atoms with Gasteiger partial charge in [-0.1, -0.05) is 45.0 Å². The molecule has 0 saturated heterocycles. The molecule has 158 valence electrons. The molecular weight excluding hydrogens is 380 g/mol. The first-order valence-corrected chi connectivity index (χ1v) is 10.1. The Kier molecular flexibility index (Phi) is 6.01. The van der Waals surface area contributed by atoms with Gasteiger partial charge in [-0.3, -0.25) is 4.79 Å². The van der Waals surface area contributed by atoms with Crippen LogP contribution in [0.2, 0.25) is 0 Å². The number of ether oxygens (including phenoxy) is 3. The van der Waals surface area contributed by atoms with Gasteiger partial charge in [0.15, 0.2) is 12.4 Å². The van der Waals surface area contributed by atoms with E-state index in [0.717, 1.165) is 5.56 Å². The van der Waals surface area contributed by atoms with Crippen LogP contribution < -0.4 is 9.47 Å². The van der Waals surface area contributed by atoms with Crippen LogP contribution in [-0.2, 0) is 14.9 Å². The number of esters is 1. The van der Waals surface area contributed by atoms with Crippen LogP contribution in [-0.4, -0.2) is 24.5 Å². The summed E-state index contributed by atoms with van der Waals surface area (Å²) in [6, 6.07) is 11.4. The molecule has 0 saturated carbocycles. The number of carbonyl (C=O) groups is 2. The van der Waals surface area contributed by atoms with Crippen LogP contribution in [0.15, 0.2) is 42.2 Å². The van der Waals surface area contributed by atoms with Crippen LogP contribution in [0.1, 0.15) is 61.7 Å². The third kappa shape index (κ3) is 4.73. The lowest BCUT2D eigenvalue weighted by atomic mass is 9.86. The van der Waals surface area contributed by atoms with E-state index in [-0.39, 0.29) is 29.7 Å². The van der Waals surface area contributed by atoms with E-state index in [1.165, 1.54) is 5.56 Å². The second-order valence-corrected chi connectivity index (χ2v) is 8.70. The number of hydrogen-bond acceptors (Lipinski definition) is 5. The predicted molar refractivity (Wildman–Crippen MR) is 116 cm³/mol. The highest BCUT2D eigenvalue weighted by molar-refractivity contribution is 6.15. The van der Waals surface area contributed by atoms with Crippen LogP contribution in [0.3, 0.4) is 0 Å². The summed E-state index contributed by atoms with van der Waals surface area (Å²) in [6.07, 6.45) is 1.54. The van der Waals surface area contributed by atoms with Gasteiger partial charge in [-0.15, -0.1) is 0 Å². The summed E-state index contributed by atoms with van der Waals surface area (Å²) in [4.78, 5) is 24.5. The Balaban J connectivity index is 1.78. The fourth-order valence-electron chi connectivity index (χ4n) is 3.19. The first-order chi connectivity index (χ1) is 14.1. The number of Topliss-reactive ketones (excluding diaryl/α,β-unsaturated/α-hetero) is 1. The van der Waals surface area contributed by atoms with Gasteiger partial charge in [-0.05, 0) is 55.5 Å². The van der Waals surface area contributed by atoms with E-state index in [1.54, 1.807) is 39.0 Å². The Labute approximate surface area is 177 Å². The lowest BCUT2D eigenvalue weighted by molar-refractivity contribution is -0.149. The van der Waals surface area contributed by atoms with Crippen LogP contribution in [0.25, 0.3) is 6.08 Å². The largest absolute Gasteiger partial charge is 0.481 e. The van der Waals surface area contributed by atoms with Crippen molar-refractivity contribution in [1.29, 1.82) is 0 Å². The van der Waals surface area contributed by atoms with Gasteiger partial charge in [-0.2, -0.15) is 0 Å². The summed E-state index contributed by atoms with van der Waals surface area (Å²) in [5.41, 5.74) is 3.34. The van der Waals surface area contributed by atoms with Crippen molar-refractivity contribution in [3.05, 3.63) is 64.4 Å². The summed E-state index contributed by atoms with van der Waals surface area (Å²) in [5, 5.41) is 0. The van der Waals surface area contributed by atoms with E-state index in [0.29, 0.717) is 22.6 Å². The summed E-state index contributed by atoms with van der Waals surface area (Å²) in [6.45, 7) is 11.6. The monoisotopic (exact) mass is 408 g/mol. The molecule has 0 atom stereocenters. The molecule has 3 rings (SSSR count). The summed E-state index contributed by atoms with van der Waals surface area (Å²) in [7, 11) is 0. The molecule has 0 unspecified atom stereocenters. The molecule has 0 amide bonds. The molecule has 0 aromatic heterocycles. The Morgan fingerprint density at radius 2 is 1.77 bits per heavy atom. The molecule has 0 aliphatic carbocycles. The zero-order chi connectivity index (χ0) is 22.1. The molecule has 2 aromatic rings. The maximum atomic E-state index is 12.8. The molecule has 0 radical (unpaired) electrons. The zero-order valence-corrected chi connectivity index (χ0v) is 18.4. The molecule has 5 nitrogen and oxygen atoms in total. The highest BCUT2D eigenvalue weighted by atomic mass is 16.6. The average Bonchev–Trinajstić information content (AvgIpc) is 2.97. The number of allylic oxidation sites excluding steroid dienone is 1. The van der Waals surface area contributed by atoms with Crippen LogP contribution >= 0.6 is 0 Å². The maximum absolute atomic E-state index is 12.8. The summed E-state index contributed by atoms with van der Waals surface area (Å²) in [5.74, 6) is 0.609. The fourth-order valence-corrected chi connectivity index (χ4v) is 3.19. The molecule has 30 heavy (non-hydrogen) atoms. The quantitative estimate of drug-likeness (QED) is 0.500. The van der Waals surface area contributed by atoms with Crippen molar-refractivity contribution in [3.63, 3.8) is 0 Å². The number of rotatable bonds is 5. The number of carbonyl (C=O) groups excluding carboxylic acids is 2. The number of hydrogen-bond donors (Lipinski definition) is 0. The summed E-state index contributed by atoms with van der Waals surface area (Å²) >= 11 is 0. The van der Waals surface area contributed by atoms with Gasteiger partial charge in [0.1, 0.15) is 11.5 Å². The molecule has 5 heteroatoms. The van der Waals surface area contributed by atoms with Crippen molar-refractivity contribution in [2.45, 2.75) is 53.1 Å². The van der Waals surface area contributed by atoms with Gasteiger partial charge >= 0.3 is 5.97 Å². The second kappa shape index (κ2) is 8.34. The number of ketones is 1. The lowest BCUT2D eigenvalue weighted by Gasteiger charge is -2.18. The lowest BCUT2D eigenvalue weighted by Crippen LogP contribution is -2.19. The number of benzene rings is 2. The van der Waals surface area contributed by atoms with Gasteiger partial charge in [0.2, 0.25) is 5.78 Å². The molecule has 0 N–H and O–H groups in total. The maximum Gasteiger partial charge on any atom is 0.344 e. The van der Waals surface area contributed by atoms with Crippen molar-refractivity contribution in [1.82, 2.24) is 0 Å². The standard InChI is InChI=1S/C25H28O5/c1-15(2)29-22(26)14-28-20-12-11-19-23(27)21(30-24(19)16(20)3)13-17-7-9-18(10-8-17)25(4,5)6/h7-13,15H,14H2,1-6H3/b21-13-. The predicted octanol–water partition coefficient (Wildman–Crippen LogP) is 5.24. The molecule has 1 heterocycles. The third-order valence-electron chi connectivity index (χ3n) is 4.82. The topological polar surface area (TPSA) is 61.8 Å². The van der Waals surface area contributed by atoms with E-state index in [9.17, 15) is 9.59 Å². The van der Waals surface area contributed by atoms with E-state index >= 15 is 0 Å². The van der Waals surface area contributed by atoms with Crippen molar-refractivity contribution in [3.8, 4) is 11.5 Å². The van der Waals surface area contributed by atoms with Gasteiger partial charge in [0.25, 0.3) is 0 Å². The Hall–Kier alpha value is -3.08. The summed E-state index contributed by atoms with van der Waals surface area (Å²) < 4.78 is 16.5. The Bertz CT molecular complexity index is 991. The molecular formula is C25H28O5. The molecule has 0 fully saturated rings.